The summed E-state index contributed by atoms with van der Waals surface area (Å²) in [6, 6.07) is 22.1. The van der Waals surface area contributed by atoms with Crippen LogP contribution in [0, 0.1) is 6.92 Å². The van der Waals surface area contributed by atoms with Crippen molar-refractivity contribution in [2.75, 3.05) is 9.80 Å². The highest BCUT2D eigenvalue weighted by Crippen LogP contribution is 2.52. The van der Waals surface area contributed by atoms with Crippen molar-refractivity contribution in [1.29, 1.82) is 0 Å². The van der Waals surface area contributed by atoms with Crippen LogP contribution in [-0.4, -0.2) is 17.2 Å². The smallest absolute Gasteiger partial charge is 0.159 e. The molecule has 1 aromatic heterocycles. The fourth-order valence-corrected chi connectivity index (χ4v) is 5.15. The van der Waals surface area contributed by atoms with E-state index in [0.29, 0.717) is 6.04 Å². The summed E-state index contributed by atoms with van der Waals surface area (Å²) in [6.45, 7) is 11.3. The molecule has 2 aliphatic heterocycles. The van der Waals surface area contributed by atoms with E-state index < -0.39 is 0 Å². The Hall–Kier alpha value is -3.07. The molecule has 152 valence electrons. The molecular formula is C27H29N3. The lowest BCUT2D eigenvalue weighted by Crippen LogP contribution is -2.47. The maximum atomic E-state index is 5.26. The van der Waals surface area contributed by atoms with E-state index in [1.165, 1.54) is 39.2 Å². The van der Waals surface area contributed by atoms with Crippen molar-refractivity contribution < 1.29 is 0 Å². The second-order valence-corrected chi connectivity index (χ2v) is 8.62. The molecule has 0 fully saturated rings. The van der Waals surface area contributed by atoms with Gasteiger partial charge in [-0.3, -0.25) is 4.90 Å². The average Bonchev–Trinajstić information content (AvgIpc) is 3.09. The van der Waals surface area contributed by atoms with E-state index in [1.807, 2.05) is 0 Å². The molecule has 30 heavy (non-hydrogen) atoms. The van der Waals surface area contributed by atoms with Crippen LogP contribution in [0.25, 0.3) is 16.8 Å². The van der Waals surface area contributed by atoms with Gasteiger partial charge in [-0.2, -0.15) is 0 Å². The van der Waals surface area contributed by atoms with Gasteiger partial charge in [0.05, 0.1) is 17.1 Å². The third-order valence-electron chi connectivity index (χ3n) is 6.59. The molecule has 0 amide bonds. The first kappa shape index (κ1) is 18.9. The normalized spacial score (nSPS) is 17.3. The van der Waals surface area contributed by atoms with Crippen LogP contribution in [0.1, 0.15) is 45.2 Å². The third-order valence-corrected chi connectivity index (χ3v) is 6.59. The molecule has 0 spiro atoms. The predicted octanol–water partition coefficient (Wildman–Crippen LogP) is 6.95. The molecular weight excluding hydrogens is 366 g/mol. The van der Waals surface area contributed by atoms with Crippen LogP contribution >= 0.6 is 0 Å². The maximum Gasteiger partial charge on any atom is 0.159 e. The van der Waals surface area contributed by atoms with Gasteiger partial charge in [-0.25, -0.2) is 4.98 Å². The van der Waals surface area contributed by atoms with Gasteiger partial charge in [0.1, 0.15) is 6.17 Å². The fourth-order valence-electron chi connectivity index (χ4n) is 5.15. The van der Waals surface area contributed by atoms with E-state index >= 15 is 0 Å². The number of fused-ring (bicyclic) bond motifs is 5. The molecule has 3 heteroatoms. The topological polar surface area (TPSA) is 19.4 Å². The summed E-state index contributed by atoms with van der Waals surface area (Å²) >= 11 is 0. The van der Waals surface area contributed by atoms with E-state index in [9.17, 15) is 0 Å². The molecule has 0 radical (unpaired) electrons. The van der Waals surface area contributed by atoms with E-state index in [2.05, 4.69) is 105 Å². The van der Waals surface area contributed by atoms with Gasteiger partial charge in [0.2, 0.25) is 0 Å². The maximum absolute atomic E-state index is 5.26. The van der Waals surface area contributed by atoms with Crippen LogP contribution in [0.2, 0.25) is 0 Å². The van der Waals surface area contributed by atoms with Crippen LogP contribution in [0.15, 0.2) is 66.2 Å². The quantitative estimate of drug-likeness (QED) is 0.478. The van der Waals surface area contributed by atoms with Crippen molar-refractivity contribution in [2.24, 2.45) is 0 Å². The molecule has 3 heterocycles. The first-order valence-corrected chi connectivity index (χ1v) is 11.0. The van der Waals surface area contributed by atoms with Crippen LogP contribution < -0.4 is 9.80 Å². The number of aromatic nitrogens is 1. The number of nitrogens with zero attached hydrogens (tertiary/aromatic N) is 3. The highest BCUT2D eigenvalue weighted by atomic mass is 15.5. The Morgan fingerprint density at radius 2 is 1.57 bits per heavy atom. The monoisotopic (exact) mass is 395 g/mol. The van der Waals surface area contributed by atoms with Crippen LogP contribution in [0.4, 0.5) is 17.2 Å². The number of pyridine rings is 1. The number of rotatable bonds is 3. The largest absolute Gasteiger partial charge is 0.342 e. The molecule has 0 aliphatic carbocycles. The Kier molecular flexibility index (Phi) is 4.43. The number of benzene rings is 2. The number of hydrogen-bond donors (Lipinski definition) is 0. The summed E-state index contributed by atoms with van der Waals surface area (Å²) < 4.78 is 0. The molecule has 1 atom stereocenters. The molecule has 0 saturated carbocycles. The highest BCUT2D eigenvalue weighted by molar-refractivity contribution is 5.93. The Bertz CT molecular complexity index is 1160. The molecule has 0 N–H and O–H groups in total. The summed E-state index contributed by atoms with van der Waals surface area (Å²) in [7, 11) is 0. The predicted molar refractivity (Wildman–Crippen MR) is 127 cm³/mol. The minimum absolute atomic E-state index is 0.194. The summed E-state index contributed by atoms with van der Waals surface area (Å²) in [5.41, 5.74) is 10.2. The minimum Gasteiger partial charge on any atom is -0.342 e. The first-order valence-electron chi connectivity index (χ1n) is 11.0. The number of para-hydroxylation sites is 1. The third kappa shape index (κ3) is 2.61. The lowest BCUT2D eigenvalue weighted by atomic mass is 9.90. The number of allylic oxidation sites excluding steroid dienone is 1. The molecule has 0 saturated heterocycles. The van der Waals surface area contributed by atoms with E-state index in [-0.39, 0.29) is 6.17 Å². The summed E-state index contributed by atoms with van der Waals surface area (Å²) in [5, 5.41) is 0. The minimum atomic E-state index is 0.194. The lowest BCUT2D eigenvalue weighted by Gasteiger charge is -2.41. The summed E-state index contributed by atoms with van der Waals surface area (Å²) in [4.78, 5) is 10.3. The second kappa shape index (κ2) is 7.02. The fraction of sp³-hybridized carbons (Fsp3) is 0.296. The molecule has 2 aliphatic rings. The number of hydrogen-bond acceptors (Lipinski definition) is 3. The average molecular weight is 396 g/mol. The van der Waals surface area contributed by atoms with Crippen LogP contribution in [-0.2, 0) is 0 Å². The summed E-state index contributed by atoms with van der Waals surface area (Å²) in [5.74, 6) is 1.07. The summed E-state index contributed by atoms with van der Waals surface area (Å²) in [6.07, 6.45) is 1.22. The van der Waals surface area contributed by atoms with Gasteiger partial charge in [0.25, 0.3) is 0 Å². The van der Waals surface area contributed by atoms with Crippen LogP contribution in [0.3, 0.4) is 0 Å². The van der Waals surface area contributed by atoms with Gasteiger partial charge in [-0.05, 0) is 69.0 Å². The molecule has 3 aromatic rings. The molecule has 1 unspecified atom stereocenters. The SMILES string of the molecule is CCC1=C(C)c2ccccc2N2c3nc(-c4ccccc4C)ccc3N(C(C)C)C12. The molecule has 2 aromatic carbocycles. The van der Waals surface area contributed by atoms with Gasteiger partial charge in [-0.1, -0.05) is 49.4 Å². The van der Waals surface area contributed by atoms with Crippen molar-refractivity contribution >= 4 is 22.8 Å². The zero-order valence-corrected chi connectivity index (χ0v) is 18.5. The first-order chi connectivity index (χ1) is 14.5. The Morgan fingerprint density at radius 1 is 0.867 bits per heavy atom. The van der Waals surface area contributed by atoms with Crippen molar-refractivity contribution in [3.63, 3.8) is 0 Å². The standard InChI is InChI=1S/C27H29N3/c1-6-20-19(5)22-13-9-10-14-24(22)30-26-25(29(17(2)3)27(20)30)16-15-23(28-26)21-12-8-7-11-18(21)4/h7-17,27H,6H2,1-5H3. The van der Waals surface area contributed by atoms with Gasteiger partial charge in [0, 0.05) is 17.2 Å². The molecule has 3 nitrogen and oxygen atoms in total. The zero-order chi connectivity index (χ0) is 21.0. The zero-order valence-electron chi connectivity index (χ0n) is 18.5. The second-order valence-electron chi connectivity index (χ2n) is 8.62. The van der Waals surface area contributed by atoms with Gasteiger partial charge >= 0.3 is 0 Å². The van der Waals surface area contributed by atoms with Crippen molar-refractivity contribution in [1.82, 2.24) is 4.98 Å². The van der Waals surface area contributed by atoms with E-state index in [1.54, 1.807) is 0 Å². The molecule has 5 rings (SSSR count). The van der Waals surface area contributed by atoms with E-state index in [0.717, 1.165) is 17.9 Å². The number of aryl methyl sites for hydroxylation is 1. The number of anilines is 3. The Morgan fingerprint density at radius 3 is 2.27 bits per heavy atom. The Labute approximate surface area is 179 Å². The van der Waals surface area contributed by atoms with Gasteiger partial charge in [-0.15, -0.1) is 0 Å². The van der Waals surface area contributed by atoms with Crippen molar-refractivity contribution in [3.05, 3.63) is 77.4 Å². The van der Waals surface area contributed by atoms with Crippen molar-refractivity contribution in [2.45, 2.75) is 53.2 Å². The van der Waals surface area contributed by atoms with Crippen molar-refractivity contribution in [3.8, 4) is 11.3 Å². The lowest BCUT2D eigenvalue weighted by molar-refractivity contribution is 0.608. The van der Waals surface area contributed by atoms with Gasteiger partial charge in [0.15, 0.2) is 5.82 Å². The van der Waals surface area contributed by atoms with E-state index in [4.69, 9.17) is 4.98 Å². The highest BCUT2D eigenvalue weighted by Gasteiger charge is 2.44. The molecule has 0 bridgehead atoms. The van der Waals surface area contributed by atoms with Gasteiger partial charge < -0.3 is 4.90 Å². The Balaban J connectivity index is 1.77. The van der Waals surface area contributed by atoms with Crippen LogP contribution in [0.5, 0.6) is 0 Å².